The molecule has 3 rings (SSSR count). The van der Waals surface area contributed by atoms with Crippen LogP contribution in [-0.2, 0) is 4.74 Å². The van der Waals surface area contributed by atoms with Crippen molar-refractivity contribution in [3.05, 3.63) is 59.7 Å². The lowest BCUT2D eigenvalue weighted by molar-refractivity contribution is 0.0303. The normalized spacial score (nSPS) is 13.3. The van der Waals surface area contributed by atoms with Gasteiger partial charge < -0.3 is 19.7 Å². The summed E-state index contributed by atoms with van der Waals surface area (Å²) < 4.78 is 11.1. The van der Waals surface area contributed by atoms with Crippen LogP contribution in [0, 0.1) is 0 Å². The summed E-state index contributed by atoms with van der Waals surface area (Å²) in [4.78, 5) is 27.0. The molecule has 1 heterocycles. The van der Waals surface area contributed by atoms with Crippen molar-refractivity contribution in [2.45, 2.75) is 26.2 Å². The summed E-state index contributed by atoms with van der Waals surface area (Å²) in [5.74, 6) is 0.175. The largest absolute Gasteiger partial charge is 0.493 e. The van der Waals surface area contributed by atoms with Crippen molar-refractivity contribution in [2.24, 2.45) is 0 Å². The number of para-hydroxylation sites is 1. The molecule has 8 heteroatoms. The van der Waals surface area contributed by atoms with Gasteiger partial charge in [0.25, 0.3) is 11.8 Å². The van der Waals surface area contributed by atoms with Gasteiger partial charge in [-0.15, -0.1) is 0 Å². The zero-order chi connectivity index (χ0) is 22.8. The number of carbonyl (C=O) groups excluding carboxylic acids is 2. The van der Waals surface area contributed by atoms with Crippen LogP contribution in [0.4, 0.5) is 5.69 Å². The molecule has 2 aromatic carbocycles. The number of benzene rings is 2. The van der Waals surface area contributed by atoms with Crippen molar-refractivity contribution in [3.8, 4) is 5.75 Å². The Hall–Kier alpha value is -2.97. The highest BCUT2D eigenvalue weighted by Crippen LogP contribution is 2.19. The summed E-state index contributed by atoms with van der Waals surface area (Å²) in [7, 11) is 0. The Morgan fingerprint density at radius 1 is 1.06 bits per heavy atom. The van der Waals surface area contributed by atoms with Gasteiger partial charge in [-0.25, -0.2) is 0 Å². The van der Waals surface area contributed by atoms with E-state index in [1.807, 2.05) is 6.07 Å². The number of amides is 2. The highest BCUT2D eigenvalue weighted by molar-refractivity contribution is 7.80. The lowest BCUT2D eigenvalue weighted by atomic mass is 10.1. The number of carbonyl (C=O) groups is 2. The van der Waals surface area contributed by atoms with E-state index in [-0.39, 0.29) is 16.9 Å². The molecule has 0 aromatic heterocycles. The first-order valence-corrected chi connectivity index (χ1v) is 11.3. The second-order valence-electron chi connectivity index (χ2n) is 7.44. The molecule has 1 aliphatic rings. The first kappa shape index (κ1) is 23.7. The minimum atomic E-state index is -0.340. The van der Waals surface area contributed by atoms with Gasteiger partial charge >= 0.3 is 0 Å². The maximum atomic E-state index is 12.7. The highest BCUT2D eigenvalue weighted by Gasteiger charge is 2.18. The van der Waals surface area contributed by atoms with Gasteiger partial charge in [0.2, 0.25) is 0 Å². The number of rotatable bonds is 8. The molecule has 0 saturated carbocycles. The van der Waals surface area contributed by atoms with Crippen LogP contribution in [0.1, 0.15) is 46.9 Å². The molecule has 2 aromatic rings. The fraction of sp³-hybridized carbons (Fsp3) is 0.375. The van der Waals surface area contributed by atoms with Crippen LogP contribution in [0.3, 0.4) is 0 Å². The van der Waals surface area contributed by atoms with E-state index in [0.717, 1.165) is 19.3 Å². The van der Waals surface area contributed by atoms with E-state index in [4.69, 9.17) is 21.7 Å². The number of nitrogens with zero attached hydrogens (tertiary/aromatic N) is 1. The molecule has 0 atom stereocenters. The van der Waals surface area contributed by atoms with Crippen molar-refractivity contribution < 1.29 is 19.1 Å². The van der Waals surface area contributed by atoms with Crippen LogP contribution in [0.15, 0.2) is 48.5 Å². The Kier molecular flexibility index (Phi) is 9.01. The van der Waals surface area contributed by atoms with Crippen LogP contribution < -0.4 is 15.4 Å². The minimum absolute atomic E-state index is 0.0220. The van der Waals surface area contributed by atoms with E-state index in [0.29, 0.717) is 55.5 Å². The molecule has 0 radical (unpaired) electrons. The number of anilines is 1. The highest BCUT2D eigenvalue weighted by atomic mass is 32.1. The number of hydrogen-bond donors (Lipinski definition) is 2. The molecule has 32 heavy (non-hydrogen) atoms. The van der Waals surface area contributed by atoms with Crippen LogP contribution in [0.25, 0.3) is 0 Å². The molecule has 0 bridgehead atoms. The molecule has 7 nitrogen and oxygen atoms in total. The molecular weight excluding hydrogens is 426 g/mol. The molecule has 0 aliphatic carbocycles. The van der Waals surface area contributed by atoms with Crippen molar-refractivity contribution in [2.75, 3.05) is 38.2 Å². The standard InChI is InChI=1S/C24H29N3O4S/c1-2-3-6-15-31-21-8-5-4-7-20(21)22(28)26-24(32)25-19-11-9-18(10-12-19)23(29)27-13-16-30-17-14-27/h4-5,7-12H,2-3,6,13-17H2,1H3,(H2,25,26,28,32). The Balaban J connectivity index is 1.54. The van der Waals surface area contributed by atoms with Crippen LogP contribution in [0.5, 0.6) is 5.75 Å². The van der Waals surface area contributed by atoms with Crippen LogP contribution >= 0.6 is 12.2 Å². The van der Waals surface area contributed by atoms with E-state index in [1.54, 1.807) is 47.4 Å². The van der Waals surface area contributed by atoms with Gasteiger partial charge in [0.05, 0.1) is 25.4 Å². The Labute approximate surface area is 194 Å². The van der Waals surface area contributed by atoms with Gasteiger partial charge in [0.15, 0.2) is 5.11 Å². The van der Waals surface area contributed by atoms with Crippen molar-refractivity contribution >= 4 is 34.8 Å². The lowest BCUT2D eigenvalue weighted by Gasteiger charge is -2.26. The Bertz CT molecular complexity index is 927. The monoisotopic (exact) mass is 455 g/mol. The number of nitrogens with one attached hydrogen (secondary N) is 2. The second kappa shape index (κ2) is 12.2. The summed E-state index contributed by atoms with van der Waals surface area (Å²) in [5.41, 5.74) is 1.71. The van der Waals surface area contributed by atoms with Gasteiger partial charge in [0.1, 0.15) is 5.75 Å². The summed E-state index contributed by atoms with van der Waals surface area (Å²) >= 11 is 5.29. The second-order valence-corrected chi connectivity index (χ2v) is 7.85. The van der Waals surface area contributed by atoms with E-state index in [9.17, 15) is 9.59 Å². The fourth-order valence-electron chi connectivity index (χ4n) is 3.29. The topological polar surface area (TPSA) is 79.9 Å². The molecule has 2 N–H and O–H groups in total. The molecule has 170 valence electrons. The number of hydrogen-bond acceptors (Lipinski definition) is 5. The van der Waals surface area contributed by atoms with E-state index < -0.39 is 0 Å². The van der Waals surface area contributed by atoms with Crippen molar-refractivity contribution in [1.29, 1.82) is 0 Å². The third-order valence-electron chi connectivity index (χ3n) is 5.05. The van der Waals surface area contributed by atoms with Gasteiger partial charge in [0, 0.05) is 24.3 Å². The van der Waals surface area contributed by atoms with Crippen molar-refractivity contribution in [1.82, 2.24) is 10.2 Å². The maximum absolute atomic E-state index is 12.7. The maximum Gasteiger partial charge on any atom is 0.261 e. The summed E-state index contributed by atoms with van der Waals surface area (Å²) in [6.45, 7) is 5.01. The zero-order valence-electron chi connectivity index (χ0n) is 18.3. The third kappa shape index (κ3) is 6.77. The minimum Gasteiger partial charge on any atom is -0.493 e. The van der Waals surface area contributed by atoms with Crippen LogP contribution in [-0.4, -0.2) is 54.7 Å². The molecule has 0 spiro atoms. The average molecular weight is 456 g/mol. The van der Waals surface area contributed by atoms with E-state index >= 15 is 0 Å². The van der Waals surface area contributed by atoms with Crippen molar-refractivity contribution in [3.63, 3.8) is 0 Å². The third-order valence-corrected chi connectivity index (χ3v) is 5.26. The zero-order valence-corrected chi connectivity index (χ0v) is 19.1. The predicted octanol–water partition coefficient (Wildman–Crippen LogP) is 3.85. The number of unbranched alkanes of at least 4 members (excludes halogenated alkanes) is 2. The van der Waals surface area contributed by atoms with Gasteiger partial charge in [-0.3, -0.25) is 14.9 Å². The van der Waals surface area contributed by atoms with Crippen LogP contribution in [0.2, 0.25) is 0 Å². The summed E-state index contributed by atoms with van der Waals surface area (Å²) in [5, 5.41) is 5.84. The molecule has 1 saturated heterocycles. The molecule has 1 fully saturated rings. The predicted molar refractivity (Wildman–Crippen MR) is 128 cm³/mol. The van der Waals surface area contributed by atoms with E-state index in [2.05, 4.69) is 17.6 Å². The first-order valence-electron chi connectivity index (χ1n) is 10.9. The molecule has 1 aliphatic heterocycles. The van der Waals surface area contributed by atoms with Gasteiger partial charge in [-0.2, -0.15) is 0 Å². The summed E-state index contributed by atoms with van der Waals surface area (Å²) in [6, 6.07) is 14.1. The Morgan fingerprint density at radius 2 is 1.78 bits per heavy atom. The number of morpholine rings is 1. The fourth-order valence-corrected chi connectivity index (χ4v) is 3.50. The lowest BCUT2D eigenvalue weighted by Crippen LogP contribution is -2.40. The number of ether oxygens (including phenoxy) is 2. The van der Waals surface area contributed by atoms with E-state index in [1.165, 1.54) is 0 Å². The quantitative estimate of drug-likeness (QED) is 0.465. The summed E-state index contributed by atoms with van der Waals surface area (Å²) in [6.07, 6.45) is 3.13. The SMILES string of the molecule is CCCCCOc1ccccc1C(=O)NC(=S)Nc1ccc(C(=O)N2CCOCC2)cc1. The smallest absolute Gasteiger partial charge is 0.261 e. The van der Waals surface area contributed by atoms with Gasteiger partial charge in [-0.05, 0) is 55.0 Å². The number of thiocarbonyl (C=S) groups is 1. The Morgan fingerprint density at radius 3 is 2.50 bits per heavy atom. The molecular formula is C24H29N3O4S. The molecule has 2 amide bonds. The van der Waals surface area contributed by atoms with Gasteiger partial charge in [-0.1, -0.05) is 31.9 Å². The first-order chi connectivity index (χ1) is 15.6. The molecule has 0 unspecified atom stereocenters. The average Bonchev–Trinajstić information content (AvgIpc) is 2.82.